The fourth-order valence-electron chi connectivity index (χ4n) is 3.21. The van der Waals surface area contributed by atoms with Crippen molar-refractivity contribution in [2.45, 2.75) is 10.9 Å². The zero-order chi connectivity index (χ0) is 22.2. The van der Waals surface area contributed by atoms with Gasteiger partial charge in [-0.25, -0.2) is 0 Å². The number of aromatic nitrogens is 2. The number of anilines is 3. The second-order valence-electron chi connectivity index (χ2n) is 7.15. The molecular formula is C22H25N5O2S3. The molecule has 1 amide bonds. The maximum Gasteiger partial charge on any atom is 0.234 e. The third-order valence-corrected chi connectivity index (χ3v) is 7.71. The van der Waals surface area contributed by atoms with Gasteiger partial charge in [-0.05, 0) is 42.0 Å². The molecule has 0 saturated carbocycles. The Morgan fingerprint density at radius 2 is 1.94 bits per heavy atom. The Balaban J connectivity index is 1.24. The van der Waals surface area contributed by atoms with E-state index in [0.29, 0.717) is 5.13 Å². The van der Waals surface area contributed by atoms with E-state index in [-0.39, 0.29) is 11.7 Å². The van der Waals surface area contributed by atoms with E-state index in [1.807, 2.05) is 48.2 Å². The Morgan fingerprint density at radius 1 is 1.12 bits per heavy atom. The fourth-order valence-corrected chi connectivity index (χ4v) is 5.76. The van der Waals surface area contributed by atoms with Crippen LogP contribution in [0.1, 0.15) is 5.56 Å². The van der Waals surface area contributed by atoms with E-state index < -0.39 is 0 Å². The zero-order valence-electron chi connectivity index (χ0n) is 17.7. The predicted octanol–water partition coefficient (Wildman–Crippen LogP) is 4.57. The van der Waals surface area contributed by atoms with Gasteiger partial charge in [0.15, 0.2) is 4.34 Å². The number of hydrogen-bond donors (Lipinski definition) is 2. The topological polar surface area (TPSA) is 79.4 Å². The Kier molecular flexibility index (Phi) is 8.27. The number of benzene rings is 2. The molecule has 7 nitrogen and oxygen atoms in total. The van der Waals surface area contributed by atoms with Gasteiger partial charge in [0.2, 0.25) is 11.0 Å². The number of nitrogens with one attached hydrogen (secondary N) is 2. The second-order valence-corrected chi connectivity index (χ2v) is 10.6. The largest absolute Gasteiger partial charge is 0.497 e. The average molecular weight is 488 g/mol. The van der Waals surface area contributed by atoms with Crippen LogP contribution >= 0.6 is 34.9 Å². The Labute approximate surface area is 200 Å². The summed E-state index contributed by atoms with van der Waals surface area (Å²) in [6.45, 7) is 3.16. The van der Waals surface area contributed by atoms with Crippen molar-refractivity contribution in [2.75, 3.05) is 48.1 Å². The van der Waals surface area contributed by atoms with E-state index in [9.17, 15) is 4.79 Å². The summed E-state index contributed by atoms with van der Waals surface area (Å²) in [4.78, 5) is 14.9. The van der Waals surface area contributed by atoms with Crippen LogP contribution in [0.3, 0.4) is 0 Å². The molecule has 0 bridgehead atoms. The smallest absolute Gasteiger partial charge is 0.234 e. The molecule has 2 heterocycles. The Morgan fingerprint density at radius 3 is 2.72 bits per heavy atom. The van der Waals surface area contributed by atoms with E-state index in [2.05, 4.69) is 37.9 Å². The molecular weight excluding hydrogens is 462 g/mol. The van der Waals surface area contributed by atoms with Crippen molar-refractivity contribution in [3.8, 4) is 5.75 Å². The van der Waals surface area contributed by atoms with Crippen LogP contribution in [-0.2, 0) is 11.3 Å². The fraction of sp³-hybridized carbons (Fsp3) is 0.318. The van der Waals surface area contributed by atoms with Crippen molar-refractivity contribution in [3.05, 3.63) is 54.1 Å². The highest BCUT2D eigenvalue weighted by molar-refractivity contribution is 8.01. The van der Waals surface area contributed by atoms with E-state index in [0.717, 1.165) is 41.1 Å². The first-order valence-electron chi connectivity index (χ1n) is 10.2. The highest BCUT2D eigenvalue weighted by Crippen LogP contribution is 2.28. The number of nitrogens with zero attached hydrogens (tertiary/aromatic N) is 3. The SMILES string of the molecule is COc1ccc(Nc2nnc(SCC(=O)Nc3cccc(CN4CCSCC4)c3)s2)cc1. The molecule has 0 spiro atoms. The Hall–Kier alpha value is -2.27. The molecule has 1 aromatic heterocycles. The number of thioether (sulfide) groups is 2. The summed E-state index contributed by atoms with van der Waals surface area (Å²) in [5.41, 5.74) is 2.96. The highest BCUT2D eigenvalue weighted by atomic mass is 32.2. The number of ether oxygens (including phenoxy) is 1. The first-order chi connectivity index (χ1) is 15.7. The van der Waals surface area contributed by atoms with Crippen LogP contribution in [0.5, 0.6) is 5.75 Å². The maximum atomic E-state index is 12.4. The van der Waals surface area contributed by atoms with Crippen molar-refractivity contribution in [3.63, 3.8) is 0 Å². The van der Waals surface area contributed by atoms with Crippen LogP contribution in [0.4, 0.5) is 16.5 Å². The van der Waals surface area contributed by atoms with Gasteiger partial charge in [-0.3, -0.25) is 9.69 Å². The lowest BCUT2D eigenvalue weighted by atomic mass is 10.2. The van der Waals surface area contributed by atoms with E-state index in [4.69, 9.17) is 4.74 Å². The molecule has 2 aromatic carbocycles. The summed E-state index contributed by atoms with van der Waals surface area (Å²) in [5.74, 6) is 3.41. The van der Waals surface area contributed by atoms with Gasteiger partial charge in [-0.15, -0.1) is 10.2 Å². The minimum absolute atomic E-state index is 0.0543. The van der Waals surface area contributed by atoms with Gasteiger partial charge in [-0.1, -0.05) is 35.2 Å². The molecule has 1 fully saturated rings. The van der Waals surface area contributed by atoms with Crippen molar-refractivity contribution in [2.24, 2.45) is 0 Å². The summed E-state index contributed by atoms with van der Waals surface area (Å²) in [6, 6.07) is 15.7. The number of amides is 1. The lowest BCUT2D eigenvalue weighted by Gasteiger charge is -2.26. The minimum Gasteiger partial charge on any atom is -0.497 e. The molecule has 0 aliphatic carbocycles. The van der Waals surface area contributed by atoms with Crippen molar-refractivity contribution < 1.29 is 9.53 Å². The molecule has 0 unspecified atom stereocenters. The van der Waals surface area contributed by atoms with E-state index in [1.54, 1.807) is 7.11 Å². The van der Waals surface area contributed by atoms with Gasteiger partial charge in [0.25, 0.3) is 0 Å². The van der Waals surface area contributed by atoms with Crippen molar-refractivity contribution in [1.29, 1.82) is 0 Å². The molecule has 0 atom stereocenters. The normalized spacial score (nSPS) is 14.2. The first-order valence-corrected chi connectivity index (χ1v) is 13.2. The third-order valence-electron chi connectivity index (χ3n) is 4.80. The molecule has 3 aromatic rings. The number of carbonyl (C=O) groups excluding carboxylic acids is 1. The van der Waals surface area contributed by atoms with Crippen LogP contribution < -0.4 is 15.4 Å². The van der Waals surface area contributed by atoms with Crippen LogP contribution in [0, 0.1) is 0 Å². The van der Waals surface area contributed by atoms with E-state index in [1.165, 1.54) is 40.2 Å². The monoisotopic (exact) mass is 487 g/mol. The lowest BCUT2D eigenvalue weighted by molar-refractivity contribution is -0.113. The van der Waals surface area contributed by atoms with Gasteiger partial charge in [0.05, 0.1) is 12.9 Å². The molecule has 32 heavy (non-hydrogen) atoms. The van der Waals surface area contributed by atoms with Gasteiger partial charge in [-0.2, -0.15) is 11.8 Å². The summed E-state index contributed by atoms with van der Waals surface area (Å²) in [6.07, 6.45) is 0. The van der Waals surface area contributed by atoms with Crippen LogP contribution in [0.25, 0.3) is 0 Å². The van der Waals surface area contributed by atoms with Gasteiger partial charge < -0.3 is 15.4 Å². The number of rotatable bonds is 9. The first kappa shape index (κ1) is 22.9. The molecule has 2 N–H and O–H groups in total. The van der Waals surface area contributed by atoms with Crippen LogP contribution in [0.15, 0.2) is 52.9 Å². The van der Waals surface area contributed by atoms with E-state index >= 15 is 0 Å². The van der Waals surface area contributed by atoms with Crippen molar-refractivity contribution in [1.82, 2.24) is 15.1 Å². The number of methoxy groups -OCH3 is 1. The lowest BCUT2D eigenvalue weighted by Crippen LogP contribution is -2.31. The summed E-state index contributed by atoms with van der Waals surface area (Å²) >= 11 is 4.81. The minimum atomic E-state index is -0.0543. The maximum absolute atomic E-state index is 12.4. The van der Waals surface area contributed by atoms with Crippen molar-refractivity contribution >= 4 is 57.3 Å². The van der Waals surface area contributed by atoms with Crippen LogP contribution in [0.2, 0.25) is 0 Å². The second kappa shape index (κ2) is 11.6. The number of hydrogen-bond acceptors (Lipinski definition) is 9. The van der Waals surface area contributed by atoms with Crippen LogP contribution in [-0.4, -0.2) is 58.5 Å². The standard InChI is InChI=1S/C22H25N5O2S3/c1-29-19-7-5-17(6-8-19)24-21-25-26-22(32-21)31-15-20(28)23-18-4-2-3-16(13-18)14-27-9-11-30-12-10-27/h2-8,13H,9-12,14-15H2,1H3,(H,23,28)(H,24,25). The Bertz CT molecular complexity index is 1020. The third kappa shape index (κ3) is 6.86. The van der Waals surface area contributed by atoms with Gasteiger partial charge in [0.1, 0.15) is 5.75 Å². The molecule has 1 aliphatic rings. The van der Waals surface area contributed by atoms with Gasteiger partial charge >= 0.3 is 0 Å². The molecule has 168 valence electrons. The molecule has 0 radical (unpaired) electrons. The summed E-state index contributed by atoms with van der Waals surface area (Å²) in [7, 11) is 1.64. The van der Waals surface area contributed by atoms with Gasteiger partial charge in [0, 0.05) is 42.5 Å². The molecule has 1 saturated heterocycles. The quantitative estimate of drug-likeness (QED) is 0.425. The summed E-state index contributed by atoms with van der Waals surface area (Å²) in [5, 5.41) is 15.2. The highest BCUT2D eigenvalue weighted by Gasteiger charge is 2.12. The molecule has 4 rings (SSSR count). The zero-order valence-corrected chi connectivity index (χ0v) is 20.2. The average Bonchev–Trinajstić information content (AvgIpc) is 3.26. The number of carbonyl (C=O) groups is 1. The summed E-state index contributed by atoms with van der Waals surface area (Å²) < 4.78 is 5.91. The molecule has 10 heteroatoms. The predicted molar refractivity (Wildman–Crippen MR) is 135 cm³/mol. The molecule has 1 aliphatic heterocycles.